The Morgan fingerprint density at radius 1 is 1.21 bits per heavy atom. The number of hydrogen-bond donors (Lipinski definition) is 3. The monoisotopic (exact) mass is 385 g/mol. The summed E-state index contributed by atoms with van der Waals surface area (Å²) in [5.41, 5.74) is 3.38. The van der Waals surface area contributed by atoms with E-state index >= 15 is 0 Å². The fourth-order valence-electron chi connectivity index (χ4n) is 4.13. The third kappa shape index (κ3) is 2.49. The zero-order chi connectivity index (χ0) is 19.6. The minimum absolute atomic E-state index is 0.323. The van der Waals surface area contributed by atoms with Crippen LogP contribution in [-0.2, 0) is 11.2 Å². The molecule has 1 unspecified atom stereocenters. The van der Waals surface area contributed by atoms with Crippen molar-refractivity contribution in [1.82, 2.24) is 14.5 Å². The Hall–Kier alpha value is -2.39. The maximum atomic E-state index is 13.4. The molecular formula is C20H20FN3O4. The lowest BCUT2D eigenvalue weighted by atomic mass is 9.84. The van der Waals surface area contributed by atoms with Gasteiger partial charge in [0.25, 0.3) is 0 Å². The number of nitrogens with zero attached hydrogens (tertiary/aromatic N) is 3. The predicted molar refractivity (Wildman–Crippen MR) is 97.1 cm³/mol. The molecule has 1 aliphatic carbocycles. The summed E-state index contributed by atoms with van der Waals surface area (Å²) in [6, 6.07) is 6.83. The lowest BCUT2D eigenvalue weighted by Gasteiger charge is -2.27. The van der Waals surface area contributed by atoms with E-state index in [1.54, 1.807) is 29.0 Å². The van der Waals surface area contributed by atoms with Gasteiger partial charge in [-0.05, 0) is 29.7 Å². The minimum atomic E-state index is -1.29. The van der Waals surface area contributed by atoms with Crippen LogP contribution in [0, 0.1) is 6.92 Å². The van der Waals surface area contributed by atoms with E-state index in [0.29, 0.717) is 23.2 Å². The molecule has 28 heavy (non-hydrogen) atoms. The molecule has 3 aromatic rings. The molecular weight excluding hydrogens is 365 g/mol. The molecule has 2 aromatic heterocycles. The number of rotatable bonds is 3. The van der Waals surface area contributed by atoms with Crippen molar-refractivity contribution in [2.24, 2.45) is 0 Å². The van der Waals surface area contributed by atoms with Gasteiger partial charge in [-0.25, -0.2) is 14.4 Å². The molecule has 1 saturated heterocycles. The number of aryl methyl sites for hydroxylation is 1. The van der Waals surface area contributed by atoms with E-state index < -0.39 is 36.8 Å². The number of hydrogen-bond acceptors (Lipinski definition) is 6. The highest BCUT2D eigenvalue weighted by Gasteiger charge is 2.47. The molecule has 146 valence electrons. The standard InChI is InChI=1S/C20H20FN3O4/c1-9-12-4-5-24(19(12)23-8-22-9)20-17(27)16(26)18(28-20)15(25)10-2-3-13-11(6-10)7-14(13)21/h2-6,8,14-18,20,25-27H,7H2,1H3/t14?,15-,16+,17-,18-,20-/m1/s1. The second-order valence-corrected chi connectivity index (χ2v) is 7.47. The largest absolute Gasteiger partial charge is 0.387 e. The number of benzene rings is 1. The highest BCUT2D eigenvalue weighted by Crippen LogP contribution is 2.41. The van der Waals surface area contributed by atoms with Gasteiger partial charge in [0.05, 0.1) is 5.69 Å². The minimum Gasteiger partial charge on any atom is -0.387 e. The highest BCUT2D eigenvalue weighted by atomic mass is 19.1. The Labute approximate surface area is 160 Å². The quantitative estimate of drug-likeness (QED) is 0.634. The van der Waals surface area contributed by atoms with E-state index in [1.807, 2.05) is 13.0 Å². The summed E-state index contributed by atoms with van der Waals surface area (Å²) >= 11 is 0. The first-order valence-electron chi connectivity index (χ1n) is 9.20. The molecule has 7 nitrogen and oxygen atoms in total. The van der Waals surface area contributed by atoms with Crippen molar-refractivity contribution in [3.8, 4) is 0 Å². The first-order chi connectivity index (χ1) is 13.5. The van der Waals surface area contributed by atoms with Crippen LogP contribution in [0.3, 0.4) is 0 Å². The van der Waals surface area contributed by atoms with Gasteiger partial charge in [0.15, 0.2) is 6.23 Å². The van der Waals surface area contributed by atoms with E-state index in [1.165, 1.54) is 6.33 Å². The van der Waals surface area contributed by atoms with Crippen LogP contribution in [0.2, 0.25) is 0 Å². The van der Waals surface area contributed by atoms with Crippen LogP contribution in [0.1, 0.15) is 40.9 Å². The molecule has 6 atom stereocenters. The van der Waals surface area contributed by atoms with Crippen LogP contribution in [-0.4, -0.2) is 48.2 Å². The van der Waals surface area contributed by atoms with E-state index in [9.17, 15) is 19.7 Å². The molecule has 8 heteroatoms. The molecule has 0 radical (unpaired) electrons. The summed E-state index contributed by atoms with van der Waals surface area (Å²) in [4.78, 5) is 8.40. The third-order valence-electron chi connectivity index (χ3n) is 5.81. The van der Waals surface area contributed by atoms with Crippen molar-refractivity contribution in [2.75, 3.05) is 0 Å². The molecule has 0 bridgehead atoms. The molecule has 1 aromatic carbocycles. The van der Waals surface area contributed by atoms with Gasteiger partial charge in [0.1, 0.15) is 42.6 Å². The second kappa shape index (κ2) is 6.31. The van der Waals surface area contributed by atoms with E-state index in [0.717, 1.165) is 16.6 Å². The second-order valence-electron chi connectivity index (χ2n) is 7.47. The van der Waals surface area contributed by atoms with Crippen LogP contribution in [0.15, 0.2) is 36.8 Å². The van der Waals surface area contributed by atoms with E-state index in [4.69, 9.17) is 4.74 Å². The Morgan fingerprint density at radius 2 is 2.04 bits per heavy atom. The highest BCUT2D eigenvalue weighted by molar-refractivity contribution is 5.78. The van der Waals surface area contributed by atoms with Crippen LogP contribution in [0.5, 0.6) is 0 Å². The predicted octanol–water partition coefficient (Wildman–Crippen LogP) is 1.66. The van der Waals surface area contributed by atoms with Crippen molar-refractivity contribution < 1.29 is 24.4 Å². The Bertz CT molecular complexity index is 1060. The van der Waals surface area contributed by atoms with Crippen LogP contribution >= 0.6 is 0 Å². The Kier molecular flexibility index (Phi) is 3.99. The first kappa shape index (κ1) is 17.7. The molecule has 1 aliphatic heterocycles. The van der Waals surface area contributed by atoms with Crippen LogP contribution in [0.25, 0.3) is 11.0 Å². The Balaban J connectivity index is 1.44. The van der Waals surface area contributed by atoms with Gasteiger partial charge in [-0.1, -0.05) is 18.2 Å². The number of aliphatic hydroxyl groups is 3. The lowest BCUT2D eigenvalue weighted by molar-refractivity contribution is -0.0848. The maximum Gasteiger partial charge on any atom is 0.164 e. The average molecular weight is 385 g/mol. The normalized spacial score (nSPS) is 30.2. The summed E-state index contributed by atoms with van der Waals surface area (Å²) in [7, 11) is 0. The van der Waals surface area contributed by atoms with Gasteiger partial charge in [-0.2, -0.15) is 0 Å². The van der Waals surface area contributed by atoms with Gasteiger partial charge in [0, 0.05) is 18.0 Å². The smallest absolute Gasteiger partial charge is 0.164 e. The van der Waals surface area contributed by atoms with Gasteiger partial charge in [-0.3, -0.25) is 0 Å². The zero-order valence-electron chi connectivity index (χ0n) is 15.1. The molecule has 0 spiro atoms. The van der Waals surface area contributed by atoms with Gasteiger partial charge < -0.3 is 24.6 Å². The summed E-state index contributed by atoms with van der Waals surface area (Å²) in [6.45, 7) is 1.86. The maximum absolute atomic E-state index is 13.4. The summed E-state index contributed by atoms with van der Waals surface area (Å²) in [5, 5.41) is 32.7. The zero-order valence-corrected chi connectivity index (χ0v) is 15.1. The Morgan fingerprint density at radius 3 is 2.79 bits per heavy atom. The number of ether oxygens (including phenoxy) is 1. The summed E-state index contributed by atoms with van der Waals surface area (Å²) in [6.07, 6.45) is -3.10. The van der Waals surface area contributed by atoms with Gasteiger partial charge in [0.2, 0.25) is 0 Å². The number of aromatic nitrogens is 3. The molecule has 1 fully saturated rings. The molecule has 3 heterocycles. The van der Waals surface area contributed by atoms with Gasteiger partial charge in [-0.15, -0.1) is 0 Å². The van der Waals surface area contributed by atoms with E-state index in [2.05, 4.69) is 9.97 Å². The van der Waals surface area contributed by atoms with Gasteiger partial charge >= 0.3 is 0 Å². The van der Waals surface area contributed by atoms with Crippen molar-refractivity contribution in [2.45, 2.75) is 50.2 Å². The summed E-state index contributed by atoms with van der Waals surface area (Å²) in [5.74, 6) is 0. The number of halogens is 1. The number of alkyl halides is 1. The van der Waals surface area contributed by atoms with Crippen molar-refractivity contribution >= 4 is 11.0 Å². The molecule has 2 aliphatic rings. The third-order valence-corrected chi connectivity index (χ3v) is 5.81. The van der Waals surface area contributed by atoms with Crippen molar-refractivity contribution in [1.29, 1.82) is 0 Å². The van der Waals surface area contributed by atoms with Crippen LogP contribution < -0.4 is 0 Å². The molecule has 3 N–H and O–H groups in total. The molecule has 0 saturated carbocycles. The van der Waals surface area contributed by atoms with E-state index in [-0.39, 0.29) is 0 Å². The fraction of sp³-hybridized carbons (Fsp3) is 0.400. The topological polar surface area (TPSA) is 101 Å². The number of aliphatic hydroxyl groups excluding tert-OH is 3. The van der Waals surface area contributed by atoms with Crippen LogP contribution in [0.4, 0.5) is 4.39 Å². The molecule has 5 rings (SSSR count). The first-order valence-corrected chi connectivity index (χ1v) is 9.20. The van der Waals surface area contributed by atoms with Crippen molar-refractivity contribution in [3.63, 3.8) is 0 Å². The summed E-state index contributed by atoms with van der Waals surface area (Å²) < 4.78 is 21.0. The lowest BCUT2D eigenvalue weighted by Crippen LogP contribution is -2.35. The SMILES string of the molecule is Cc1ncnc2c1ccn2[C@@H]1O[C@H]([C@H](O)c2ccc3c(c2)CC3F)[C@@H](O)[C@H]1O. The average Bonchev–Trinajstić information content (AvgIpc) is 3.23. The number of fused-ring (bicyclic) bond motifs is 2. The van der Waals surface area contributed by atoms with Crippen molar-refractivity contribution in [3.05, 3.63) is 59.2 Å². The fourth-order valence-corrected chi connectivity index (χ4v) is 4.13. The molecule has 0 amide bonds.